The van der Waals surface area contributed by atoms with Gasteiger partial charge in [-0.2, -0.15) is 0 Å². The van der Waals surface area contributed by atoms with Gasteiger partial charge in [-0.25, -0.2) is 0 Å². The number of aliphatic hydroxyl groups is 1. The topological polar surface area (TPSA) is 49.5 Å². The Bertz CT molecular complexity index is 332. The summed E-state index contributed by atoms with van der Waals surface area (Å²) in [5.41, 5.74) is 9.28. The number of nitrogens with two attached hydrogens (primary N) is 1. The average molecular weight is 236 g/mol. The minimum absolute atomic E-state index is 0.289. The zero-order valence-corrected chi connectivity index (χ0v) is 11.1. The van der Waals surface area contributed by atoms with Crippen LogP contribution in [0.3, 0.4) is 0 Å². The Morgan fingerprint density at radius 1 is 1.24 bits per heavy atom. The smallest absolute Gasteiger partial charge is 0.0712 e. The molecule has 3 heteroatoms. The number of aliphatic hydroxyl groups excluding tert-OH is 1. The maximum atomic E-state index is 9.77. The molecule has 1 unspecified atom stereocenters. The van der Waals surface area contributed by atoms with Crippen LogP contribution in [0, 0.1) is 13.8 Å². The summed E-state index contributed by atoms with van der Waals surface area (Å²) in [4.78, 5) is 2.16. The molecule has 0 aliphatic rings. The Balaban J connectivity index is 2.88. The molecule has 3 N–H and O–H groups in total. The number of rotatable bonds is 6. The maximum Gasteiger partial charge on any atom is 0.0712 e. The highest BCUT2D eigenvalue weighted by Crippen LogP contribution is 2.19. The average Bonchev–Trinajstić information content (AvgIpc) is 2.27. The molecule has 1 aromatic carbocycles. The van der Waals surface area contributed by atoms with Crippen LogP contribution < -0.4 is 10.6 Å². The lowest BCUT2D eigenvalue weighted by molar-refractivity contribution is 0.176. The van der Waals surface area contributed by atoms with Crippen molar-refractivity contribution in [3.8, 4) is 0 Å². The molecule has 1 atom stereocenters. The highest BCUT2D eigenvalue weighted by molar-refractivity contribution is 5.51. The summed E-state index contributed by atoms with van der Waals surface area (Å²) in [6, 6.07) is 6.44. The Morgan fingerprint density at radius 3 is 2.29 bits per heavy atom. The highest BCUT2D eigenvalue weighted by atomic mass is 16.3. The molecular weight excluding hydrogens is 212 g/mol. The van der Waals surface area contributed by atoms with Crippen molar-refractivity contribution in [2.24, 2.45) is 5.73 Å². The van der Waals surface area contributed by atoms with E-state index < -0.39 is 0 Å². The SMILES string of the molecule is CCC(O)CN(CCN)c1cc(C)cc(C)c1. The normalized spacial score (nSPS) is 12.5. The zero-order valence-electron chi connectivity index (χ0n) is 11.1. The number of hydrogen-bond acceptors (Lipinski definition) is 3. The van der Waals surface area contributed by atoms with E-state index in [1.807, 2.05) is 6.92 Å². The van der Waals surface area contributed by atoms with E-state index in [-0.39, 0.29) is 6.10 Å². The van der Waals surface area contributed by atoms with Crippen molar-refractivity contribution in [1.29, 1.82) is 0 Å². The van der Waals surface area contributed by atoms with Gasteiger partial charge in [-0.1, -0.05) is 13.0 Å². The molecule has 0 spiro atoms. The molecule has 0 heterocycles. The maximum absolute atomic E-state index is 9.77. The molecule has 0 bridgehead atoms. The van der Waals surface area contributed by atoms with Crippen LogP contribution in [0.5, 0.6) is 0 Å². The first-order valence-electron chi connectivity index (χ1n) is 6.28. The summed E-state index contributed by atoms with van der Waals surface area (Å²) in [7, 11) is 0. The van der Waals surface area contributed by atoms with E-state index >= 15 is 0 Å². The van der Waals surface area contributed by atoms with Crippen molar-refractivity contribution < 1.29 is 5.11 Å². The molecule has 0 aliphatic heterocycles. The number of anilines is 1. The molecule has 96 valence electrons. The zero-order chi connectivity index (χ0) is 12.8. The molecule has 0 aliphatic carbocycles. The van der Waals surface area contributed by atoms with Crippen LogP contribution in [0.4, 0.5) is 5.69 Å². The summed E-state index contributed by atoms with van der Waals surface area (Å²) in [6.07, 6.45) is 0.480. The van der Waals surface area contributed by atoms with Crippen LogP contribution in [0.15, 0.2) is 18.2 Å². The lowest BCUT2D eigenvalue weighted by Gasteiger charge is -2.27. The number of nitrogens with zero attached hydrogens (tertiary/aromatic N) is 1. The largest absolute Gasteiger partial charge is 0.391 e. The van der Waals surface area contributed by atoms with E-state index in [2.05, 4.69) is 36.9 Å². The van der Waals surface area contributed by atoms with Gasteiger partial charge in [-0.3, -0.25) is 0 Å². The summed E-state index contributed by atoms with van der Waals surface area (Å²) in [5.74, 6) is 0. The van der Waals surface area contributed by atoms with Gasteiger partial charge in [-0.05, 0) is 43.5 Å². The molecular formula is C14H24N2O. The molecule has 0 aromatic heterocycles. The van der Waals surface area contributed by atoms with Crippen LogP contribution in [-0.2, 0) is 0 Å². The van der Waals surface area contributed by atoms with Gasteiger partial charge >= 0.3 is 0 Å². The third-order valence-corrected chi connectivity index (χ3v) is 2.87. The summed E-state index contributed by atoms with van der Waals surface area (Å²) in [5, 5.41) is 9.77. The second kappa shape index (κ2) is 6.62. The molecule has 0 radical (unpaired) electrons. The van der Waals surface area contributed by atoms with E-state index in [1.165, 1.54) is 11.1 Å². The Hall–Kier alpha value is -1.06. The molecule has 1 aromatic rings. The lowest BCUT2D eigenvalue weighted by atomic mass is 10.1. The summed E-state index contributed by atoms with van der Waals surface area (Å²) in [6.45, 7) is 8.20. The van der Waals surface area contributed by atoms with Gasteiger partial charge in [0.2, 0.25) is 0 Å². The van der Waals surface area contributed by atoms with Crippen molar-refractivity contribution in [2.45, 2.75) is 33.3 Å². The number of benzene rings is 1. The Kier molecular flexibility index (Phi) is 5.45. The Morgan fingerprint density at radius 2 is 1.82 bits per heavy atom. The van der Waals surface area contributed by atoms with E-state index in [9.17, 15) is 5.11 Å². The quantitative estimate of drug-likeness (QED) is 0.792. The van der Waals surface area contributed by atoms with E-state index in [1.54, 1.807) is 0 Å². The van der Waals surface area contributed by atoms with Gasteiger partial charge in [0, 0.05) is 25.3 Å². The molecule has 0 saturated carbocycles. The van der Waals surface area contributed by atoms with E-state index in [0.29, 0.717) is 13.1 Å². The van der Waals surface area contributed by atoms with Gasteiger partial charge in [0.25, 0.3) is 0 Å². The second-order valence-electron chi connectivity index (χ2n) is 4.64. The minimum atomic E-state index is -0.289. The summed E-state index contributed by atoms with van der Waals surface area (Å²) >= 11 is 0. The van der Waals surface area contributed by atoms with E-state index in [4.69, 9.17) is 5.73 Å². The monoisotopic (exact) mass is 236 g/mol. The molecule has 0 fully saturated rings. The van der Waals surface area contributed by atoms with Crippen molar-refractivity contribution in [3.63, 3.8) is 0 Å². The van der Waals surface area contributed by atoms with Gasteiger partial charge in [-0.15, -0.1) is 0 Å². The van der Waals surface area contributed by atoms with Crippen molar-refractivity contribution >= 4 is 5.69 Å². The number of hydrogen-bond donors (Lipinski definition) is 2. The van der Waals surface area contributed by atoms with Crippen LogP contribution in [0.25, 0.3) is 0 Å². The fourth-order valence-electron chi connectivity index (χ4n) is 2.00. The highest BCUT2D eigenvalue weighted by Gasteiger charge is 2.11. The molecule has 17 heavy (non-hydrogen) atoms. The molecule has 0 saturated heterocycles. The minimum Gasteiger partial charge on any atom is -0.391 e. The first-order chi connectivity index (χ1) is 8.06. The van der Waals surface area contributed by atoms with Crippen molar-refractivity contribution in [3.05, 3.63) is 29.3 Å². The third-order valence-electron chi connectivity index (χ3n) is 2.87. The van der Waals surface area contributed by atoms with Crippen LogP contribution in [0.1, 0.15) is 24.5 Å². The van der Waals surface area contributed by atoms with E-state index in [0.717, 1.165) is 18.7 Å². The van der Waals surface area contributed by atoms with Gasteiger partial charge in [0.15, 0.2) is 0 Å². The van der Waals surface area contributed by atoms with Crippen LogP contribution in [-0.4, -0.2) is 30.8 Å². The first kappa shape index (κ1) is 14.0. The van der Waals surface area contributed by atoms with Crippen LogP contribution in [0.2, 0.25) is 0 Å². The molecule has 0 amide bonds. The predicted octanol–water partition coefficient (Wildman–Crippen LogP) is 1.84. The van der Waals surface area contributed by atoms with Gasteiger partial charge in [0.05, 0.1) is 6.10 Å². The number of aryl methyl sites for hydroxylation is 2. The fraction of sp³-hybridized carbons (Fsp3) is 0.571. The predicted molar refractivity (Wildman–Crippen MR) is 73.5 cm³/mol. The van der Waals surface area contributed by atoms with Gasteiger partial charge in [0.1, 0.15) is 0 Å². The van der Waals surface area contributed by atoms with Gasteiger partial charge < -0.3 is 15.7 Å². The summed E-state index contributed by atoms with van der Waals surface area (Å²) < 4.78 is 0. The van der Waals surface area contributed by atoms with Crippen LogP contribution >= 0.6 is 0 Å². The third kappa shape index (κ3) is 4.36. The standard InChI is InChI=1S/C14H24N2O/c1-4-14(17)10-16(6-5-15)13-8-11(2)7-12(3)9-13/h7-9,14,17H,4-6,10,15H2,1-3H3. The Labute approximate surface area is 104 Å². The molecule has 1 rings (SSSR count). The van der Waals surface area contributed by atoms with Crippen molar-refractivity contribution in [1.82, 2.24) is 0 Å². The molecule has 3 nitrogen and oxygen atoms in total. The van der Waals surface area contributed by atoms with Crippen molar-refractivity contribution in [2.75, 3.05) is 24.5 Å². The lowest BCUT2D eigenvalue weighted by Crippen LogP contribution is -2.36. The first-order valence-corrected chi connectivity index (χ1v) is 6.28. The fourth-order valence-corrected chi connectivity index (χ4v) is 2.00. The second-order valence-corrected chi connectivity index (χ2v) is 4.64.